The summed E-state index contributed by atoms with van der Waals surface area (Å²) in [4.78, 5) is 12.8. The predicted molar refractivity (Wildman–Crippen MR) is 103 cm³/mol. The molecule has 1 saturated heterocycles. The summed E-state index contributed by atoms with van der Waals surface area (Å²) in [6.45, 7) is 3.10. The number of hydrogen-bond acceptors (Lipinski definition) is 4. The average molecular weight is 384 g/mol. The zero-order chi connectivity index (χ0) is 19.4. The molecule has 2 aromatic rings. The van der Waals surface area contributed by atoms with Gasteiger partial charge in [0.25, 0.3) is 5.91 Å². The first-order valence-electron chi connectivity index (χ1n) is 8.48. The van der Waals surface area contributed by atoms with Crippen LogP contribution in [0.2, 0.25) is 0 Å². The lowest BCUT2D eigenvalue weighted by molar-refractivity contribution is 0.0730. The summed E-state index contributed by atoms with van der Waals surface area (Å²) < 4.78 is 32.3. The van der Waals surface area contributed by atoms with Gasteiger partial charge in [0, 0.05) is 29.9 Å². The predicted octanol–water partition coefficient (Wildman–Crippen LogP) is 2.25. The van der Waals surface area contributed by atoms with E-state index in [1.165, 1.54) is 16.4 Å². The maximum absolute atomic E-state index is 12.8. The third-order valence-electron chi connectivity index (χ3n) is 4.35. The van der Waals surface area contributed by atoms with E-state index in [2.05, 4.69) is 11.2 Å². The quantitative estimate of drug-likeness (QED) is 0.821. The van der Waals surface area contributed by atoms with E-state index in [0.717, 1.165) is 0 Å². The smallest absolute Gasteiger partial charge is 0.255 e. The number of rotatable bonds is 4. The molecule has 0 aliphatic carbocycles. The number of terminal acetylenes is 1. The summed E-state index contributed by atoms with van der Waals surface area (Å²) >= 11 is 0. The largest absolute Gasteiger partial charge is 0.379 e. The van der Waals surface area contributed by atoms with Crippen LogP contribution in [0, 0.1) is 19.3 Å². The van der Waals surface area contributed by atoms with Crippen molar-refractivity contribution in [1.82, 2.24) is 4.31 Å². The number of nitrogens with zero attached hydrogens (tertiary/aromatic N) is 1. The van der Waals surface area contributed by atoms with Crippen LogP contribution in [0.25, 0.3) is 0 Å². The van der Waals surface area contributed by atoms with Crippen molar-refractivity contribution in [2.45, 2.75) is 11.8 Å². The van der Waals surface area contributed by atoms with Gasteiger partial charge in [-0.2, -0.15) is 4.31 Å². The Morgan fingerprint density at radius 1 is 1.19 bits per heavy atom. The molecular weight excluding hydrogens is 364 g/mol. The molecule has 0 bridgehead atoms. The van der Waals surface area contributed by atoms with E-state index in [1.807, 2.05) is 0 Å². The molecule has 3 rings (SSSR count). The number of sulfonamides is 1. The minimum atomic E-state index is -3.67. The molecule has 1 amide bonds. The molecule has 0 unspecified atom stereocenters. The standard InChI is InChI=1S/C20H20N2O4S/c1-3-16-5-4-6-17(13-16)21-20(23)19-14-18(8-7-15(19)2)27(24,25)22-9-11-26-12-10-22/h1,4-8,13-14H,9-12H2,2H3,(H,21,23). The second-order valence-electron chi connectivity index (χ2n) is 6.17. The molecule has 1 heterocycles. The zero-order valence-electron chi connectivity index (χ0n) is 14.9. The molecular formula is C20H20N2O4S. The van der Waals surface area contributed by atoms with Crippen LogP contribution in [0.4, 0.5) is 5.69 Å². The first-order chi connectivity index (χ1) is 12.9. The topological polar surface area (TPSA) is 75.7 Å². The number of anilines is 1. The van der Waals surface area contributed by atoms with Crippen molar-refractivity contribution >= 4 is 21.6 Å². The summed E-state index contributed by atoms with van der Waals surface area (Å²) in [5, 5.41) is 2.77. The Kier molecular flexibility index (Phi) is 5.61. The Hall–Kier alpha value is -2.66. The number of amides is 1. The fourth-order valence-electron chi connectivity index (χ4n) is 2.83. The zero-order valence-corrected chi connectivity index (χ0v) is 15.8. The van der Waals surface area contributed by atoms with Gasteiger partial charge in [-0.05, 0) is 42.8 Å². The highest BCUT2D eigenvalue weighted by molar-refractivity contribution is 7.89. The van der Waals surface area contributed by atoms with Gasteiger partial charge < -0.3 is 10.1 Å². The summed E-state index contributed by atoms with van der Waals surface area (Å²) in [5.74, 6) is 2.12. The third kappa shape index (κ3) is 4.19. The number of ether oxygens (including phenoxy) is 1. The maximum atomic E-state index is 12.8. The molecule has 0 saturated carbocycles. The molecule has 0 atom stereocenters. The monoisotopic (exact) mass is 384 g/mol. The van der Waals surface area contributed by atoms with Crippen molar-refractivity contribution in [3.8, 4) is 12.3 Å². The highest BCUT2D eigenvalue weighted by atomic mass is 32.2. The van der Waals surface area contributed by atoms with Crippen LogP contribution >= 0.6 is 0 Å². The molecule has 0 spiro atoms. The van der Waals surface area contributed by atoms with Gasteiger partial charge in [0.2, 0.25) is 10.0 Å². The van der Waals surface area contributed by atoms with Crippen LogP contribution in [-0.2, 0) is 14.8 Å². The van der Waals surface area contributed by atoms with E-state index in [-0.39, 0.29) is 10.8 Å². The van der Waals surface area contributed by atoms with E-state index in [1.54, 1.807) is 37.3 Å². The van der Waals surface area contributed by atoms with Crippen molar-refractivity contribution in [1.29, 1.82) is 0 Å². The molecule has 7 heteroatoms. The second kappa shape index (κ2) is 7.92. The molecule has 1 aliphatic rings. The molecule has 27 heavy (non-hydrogen) atoms. The Balaban J connectivity index is 1.88. The van der Waals surface area contributed by atoms with Crippen LogP contribution in [0.1, 0.15) is 21.5 Å². The van der Waals surface area contributed by atoms with Gasteiger partial charge >= 0.3 is 0 Å². The summed E-state index contributed by atoms with van der Waals surface area (Å²) in [6.07, 6.45) is 5.38. The summed E-state index contributed by atoms with van der Waals surface area (Å²) in [7, 11) is -3.67. The molecule has 6 nitrogen and oxygen atoms in total. The van der Waals surface area contributed by atoms with Gasteiger partial charge in [-0.15, -0.1) is 6.42 Å². The number of hydrogen-bond donors (Lipinski definition) is 1. The highest BCUT2D eigenvalue weighted by Crippen LogP contribution is 2.22. The van der Waals surface area contributed by atoms with Crippen molar-refractivity contribution in [3.05, 3.63) is 59.2 Å². The molecule has 1 N–H and O–H groups in total. The number of benzene rings is 2. The fraction of sp³-hybridized carbons (Fsp3) is 0.250. The van der Waals surface area contributed by atoms with Crippen LogP contribution in [0.3, 0.4) is 0 Å². The van der Waals surface area contributed by atoms with E-state index in [9.17, 15) is 13.2 Å². The van der Waals surface area contributed by atoms with E-state index in [0.29, 0.717) is 48.7 Å². The third-order valence-corrected chi connectivity index (χ3v) is 6.24. The fourth-order valence-corrected chi connectivity index (χ4v) is 4.26. The molecule has 1 aliphatic heterocycles. The Labute approximate surface area is 159 Å². The Morgan fingerprint density at radius 3 is 2.63 bits per heavy atom. The van der Waals surface area contributed by atoms with Gasteiger partial charge in [0.1, 0.15) is 0 Å². The Morgan fingerprint density at radius 2 is 1.93 bits per heavy atom. The molecule has 0 aromatic heterocycles. The number of carbonyl (C=O) groups excluding carboxylic acids is 1. The first kappa shape index (κ1) is 19.1. The highest BCUT2D eigenvalue weighted by Gasteiger charge is 2.27. The van der Waals surface area contributed by atoms with Crippen LogP contribution in [0.5, 0.6) is 0 Å². The van der Waals surface area contributed by atoms with E-state index < -0.39 is 10.0 Å². The molecule has 2 aromatic carbocycles. The van der Waals surface area contributed by atoms with Gasteiger partial charge in [0.15, 0.2) is 0 Å². The lowest BCUT2D eigenvalue weighted by Gasteiger charge is -2.26. The van der Waals surface area contributed by atoms with Crippen molar-refractivity contribution in [3.63, 3.8) is 0 Å². The van der Waals surface area contributed by atoms with Gasteiger partial charge in [-0.1, -0.05) is 18.1 Å². The normalized spacial score (nSPS) is 15.1. The molecule has 0 radical (unpaired) electrons. The minimum Gasteiger partial charge on any atom is -0.379 e. The lowest BCUT2D eigenvalue weighted by atomic mass is 10.1. The van der Waals surface area contributed by atoms with Crippen molar-refractivity contribution in [2.75, 3.05) is 31.6 Å². The van der Waals surface area contributed by atoms with Crippen molar-refractivity contribution in [2.24, 2.45) is 0 Å². The average Bonchev–Trinajstić information content (AvgIpc) is 2.69. The van der Waals surface area contributed by atoms with Crippen LogP contribution in [-0.4, -0.2) is 44.9 Å². The minimum absolute atomic E-state index is 0.0949. The number of carbonyl (C=O) groups is 1. The van der Waals surface area contributed by atoms with Gasteiger partial charge in [0.05, 0.1) is 18.1 Å². The Bertz CT molecular complexity index is 1000. The first-order valence-corrected chi connectivity index (χ1v) is 9.92. The van der Waals surface area contributed by atoms with E-state index >= 15 is 0 Å². The second-order valence-corrected chi connectivity index (χ2v) is 8.11. The SMILES string of the molecule is C#Cc1cccc(NC(=O)c2cc(S(=O)(=O)N3CCOCC3)ccc2C)c1. The van der Waals surface area contributed by atoms with Gasteiger partial charge in [-0.3, -0.25) is 4.79 Å². The molecule has 1 fully saturated rings. The summed E-state index contributed by atoms with van der Waals surface area (Å²) in [5.41, 5.74) is 2.18. The molecule has 140 valence electrons. The van der Waals surface area contributed by atoms with Crippen molar-refractivity contribution < 1.29 is 17.9 Å². The maximum Gasteiger partial charge on any atom is 0.255 e. The number of nitrogens with one attached hydrogen (secondary N) is 1. The van der Waals surface area contributed by atoms with Gasteiger partial charge in [-0.25, -0.2) is 8.42 Å². The number of morpholine rings is 1. The van der Waals surface area contributed by atoms with Crippen LogP contribution in [0.15, 0.2) is 47.4 Å². The lowest BCUT2D eigenvalue weighted by Crippen LogP contribution is -2.40. The summed E-state index contributed by atoms with van der Waals surface area (Å²) in [6, 6.07) is 11.5. The van der Waals surface area contributed by atoms with Crippen LogP contribution < -0.4 is 5.32 Å². The van der Waals surface area contributed by atoms with E-state index in [4.69, 9.17) is 11.2 Å². The number of aryl methyl sites for hydroxylation is 1.